The average molecular weight is 253 g/mol. The van der Waals surface area contributed by atoms with Crippen LogP contribution in [0.3, 0.4) is 0 Å². The van der Waals surface area contributed by atoms with Crippen molar-refractivity contribution in [3.63, 3.8) is 0 Å². The van der Waals surface area contributed by atoms with E-state index in [1.165, 1.54) is 7.11 Å². The molecule has 0 radical (unpaired) electrons. The molecule has 0 aromatic carbocycles. The number of aliphatic hydroxyl groups is 1. The number of hydrogen-bond acceptors (Lipinski definition) is 5. The maximum Gasteiger partial charge on any atom is 0.373 e. The highest BCUT2D eigenvalue weighted by atomic mass is 16.5. The fraction of sp³-hybridized carbons (Fsp3) is 0.615. The summed E-state index contributed by atoms with van der Waals surface area (Å²) >= 11 is 0. The van der Waals surface area contributed by atoms with Crippen LogP contribution >= 0.6 is 0 Å². The molecule has 1 N–H and O–H groups in total. The number of furan rings is 1. The fourth-order valence-electron chi connectivity index (χ4n) is 2.35. The van der Waals surface area contributed by atoms with Gasteiger partial charge in [-0.25, -0.2) is 4.79 Å². The van der Waals surface area contributed by atoms with Gasteiger partial charge in [-0.3, -0.25) is 4.90 Å². The van der Waals surface area contributed by atoms with E-state index >= 15 is 0 Å². The second-order valence-corrected chi connectivity index (χ2v) is 4.56. The summed E-state index contributed by atoms with van der Waals surface area (Å²) in [5.74, 6) is 0.499. The van der Waals surface area contributed by atoms with E-state index in [1.54, 1.807) is 12.1 Å². The third-order valence-electron chi connectivity index (χ3n) is 3.37. The number of carbonyl (C=O) groups excluding carboxylic acids is 1. The van der Waals surface area contributed by atoms with Gasteiger partial charge in [-0.05, 0) is 31.5 Å². The Hall–Kier alpha value is -1.33. The predicted octanol–water partition coefficient (Wildman–Crippen LogP) is 1.41. The molecule has 1 fully saturated rings. The Balaban J connectivity index is 1.99. The van der Waals surface area contributed by atoms with Crippen molar-refractivity contribution in [3.05, 3.63) is 23.7 Å². The van der Waals surface area contributed by atoms with Gasteiger partial charge >= 0.3 is 5.97 Å². The lowest BCUT2D eigenvalue weighted by Crippen LogP contribution is -2.41. The van der Waals surface area contributed by atoms with Crippen molar-refractivity contribution >= 4 is 5.97 Å². The number of esters is 1. The minimum atomic E-state index is -0.460. The average Bonchev–Trinajstić information content (AvgIpc) is 2.87. The molecule has 2 rings (SSSR count). The Bertz CT molecular complexity index is 401. The topological polar surface area (TPSA) is 62.9 Å². The van der Waals surface area contributed by atoms with Crippen molar-refractivity contribution in [2.45, 2.75) is 31.8 Å². The summed E-state index contributed by atoms with van der Waals surface area (Å²) in [6.07, 6.45) is 3.31. The summed E-state index contributed by atoms with van der Waals surface area (Å²) in [4.78, 5) is 13.5. The molecule has 100 valence electrons. The highest BCUT2D eigenvalue weighted by Crippen LogP contribution is 2.20. The van der Waals surface area contributed by atoms with Gasteiger partial charge < -0.3 is 14.3 Å². The van der Waals surface area contributed by atoms with E-state index < -0.39 is 5.97 Å². The summed E-state index contributed by atoms with van der Waals surface area (Å²) in [6.45, 7) is 1.76. The molecule has 1 aromatic rings. The molecular formula is C13H19NO4. The van der Waals surface area contributed by atoms with Crippen LogP contribution in [0.4, 0.5) is 0 Å². The molecule has 0 bridgehead atoms. The normalized spacial score (nSPS) is 20.9. The number of nitrogens with zero attached hydrogens (tertiary/aromatic N) is 1. The molecule has 0 spiro atoms. The number of likely N-dealkylation sites (tertiary alicyclic amines) is 1. The van der Waals surface area contributed by atoms with Crippen LogP contribution in [-0.4, -0.2) is 42.3 Å². The standard InChI is InChI=1S/C13H19NO4/c1-17-13(16)12-6-5-11(18-12)8-14-7-3-2-4-10(14)9-15/h5-6,10,15H,2-4,7-9H2,1H3. The second-order valence-electron chi connectivity index (χ2n) is 4.56. The van der Waals surface area contributed by atoms with Crippen molar-refractivity contribution in [1.29, 1.82) is 0 Å². The van der Waals surface area contributed by atoms with Gasteiger partial charge in [0.25, 0.3) is 0 Å². The Morgan fingerprint density at radius 2 is 2.39 bits per heavy atom. The van der Waals surface area contributed by atoms with Gasteiger partial charge in [0.15, 0.2) is 0 Å². The van der Waals surface area contributed by atoms with E-state index in [0.29, 0.717) is 6.54 Å². The smallest absolute Gasteiger partial charge is 0.373 e. The quantitative estimate of drug-likeness (QED) is 0.822. The Labute approximate surface area is 106 Å². The Morgan fingerprint density at radius 1 is 1.56 bits per heavy atom. The SMILES string of the molecule is COC(=O)c1ccc(CN2CCCCC2CO)o1. The third kappa shape index (κ3) is 2.91. The predicted molar refractivity (Wildman–Crippen MR) is 65.2 cm³/mol. The third-order valence-corrected chi connectivity index (χ3v) is 3.37. The van der Waals surface area contributed by atoms with Crippen LogP contribution < -0.4 is 0 Å². The number of carbonyl (C=O) groups is 1. The van der Waals surface area contributed by atoms with Crippen LogP contribution in [0.15, 0.2) is 16.5 Å². The van der Waals surface area contributed by atoms with Gasteiger partial charge in [-0.1, -0.05) is 6.42 Å². The molecular weight excluding hydrogens is 234 g/mol. The molecule has 1 aliphatic heterocycles. The van der Waals surface area contributed by atoms with E-state index in [1.807, 2.05) is 0 Å². The summed E-state index contributed by atoms with van der Waals surface area (Å²) in [6, 6.07) is 3.61. The summed E-state index contributed by atoms with van der Waals surface area (Å²) in [5, 5.41) is 9.32. The molecule has 18 heavy (non-hydrogen) atoms. The van der Waals surface area contributed by atoms with Crippen molar-refractivity contribution < 1.29 is 19.1 Å². The first-order valence-corrected chi connectivity index (χ1v) is 6.26. The maximum atomic E-state index is 11.3. The monoisotopic (exact) mass is 253 g/mol. The van der Waals surface area contributed by atoms with Crippen LogP contribution in [0, 0.1) is 0 Å². The number of rotatable bonds is 4. The van der Waals surface area contributed by atoms with Crippen LogP contribution in [0.25, 0.3) is 0 Å². The first kappa shape index (κ1) is 13.1. The number of aliphatic hydroxyl groups excluding tert-OH is 1. The van der Waals surface area contributed by atoms with Crippen LogP contribution in [-0.2, 0) is 11.3 Å². The second kappa shape index (κ2) is 6.02. The van der Waals surface area contributed by atoms with E-state index in [9.17, 15) is 9.90 Å². The maximum absolute atomic E-state index is 11.3. The zero-order valence-electron chi connectivity index (χ0n) is 10.6. The molecule has 2 heterocycles. The lowest BCUT2D eigenvalue weighted by atomic mass is 10.0. The number of piperidine rings is 1. The largest absolute Gasteiger partial charge is 0.463 e. The van der Waals surface area contributed by atoms with E-state index in [4.69, 9.17) is 4.42 Å². The molecule has 1 saturated heterocycles. The van der Waals surface area contributed by atoms with Gasteiger partial charge in [0.2, 0.25) is 5.76 Å². The van der Waals surface area contributed by atoms with E-state index in [0.717, 1.165) is 31.6 Å². The first-order chi connectivity index (χ1) is 8.74. The molecule has 5 nitrogen and oxygen atoms in total. The lowest BCUT2D eigenvalue weighted by Gasteiger charge is -2.33. The van der Waals surface area contributed by atoms with Gasteiger partial charge in [0.05, 0.1) is 20.3 Å². The number of hydrogen-bond donors (Lipinski definition) is 1. The zero-order valence-corrected chi connectivity index (χ0v) is 10.6. The Kier molecular flexibility index (Phi) is 4.38. The van der Waals surface area contributed by atoms with E-state index in [2.05, 4.69) is 9.64 Å². The van der Waals surface area contributed by atoms with Gasteiger partial charge in [0, 0.05) is 6.04 Å². The van der Waals surface area contributed by atoms with Gasteiger partial charge in [-0.15, -0.1) is 0 Å². The minimum Gasteiger partial charge on any atom is -0.463 e. The summed E-state index contributed by atoms with van der Waals surface area (Å²) < 4.78 is 10.0. The highest BCUT2D eigenvalue weighted by Gasteiger charge is 2.23. The van der Waals surface area contributed by atoms with E-state index in [-0.39, 0.29) is 18.4 Å². The van der Waals surface area contributed by atoms with Crippen LogP contribution in [0.2, 0.25) is 0 Å². The lowest BCUT2D eigenvalue weighted by molar-refractivity contribution is 0.0550. The molecule has 1 unspecified atom stereocenters. The Morgan fingerprint density at radius 3 is 3.11 bits per heavy atom. The van der Waals surface area contributed by atoms with Crippen molar-refractivity contribution in [2.24, 2.45) is 0 Å². The van der Waals surface area contributed by atoms with Crippen LogP contribution in [0.1, 0.15) is 35.6 Å². The van der Waals surface area contributed by atoms with Gasteiger partial charge in [0.1, 0.15) is 5.76 Å². The van der Waals surface area contributed by atoms with Crippen LogP contribution in [0.5, 0.6) is 0 Å². The van der Waals surface area contributed by atoms with Crippen molar-refractivity contribution in [1.82, 2.24) is 4.90 Å². The molecule has 1 aromatic heterocycles. The summed E-state index contributed by atoms with van der Waals surface area (Å²) in [7, 11) is 1.33. The first-order valence-electron chi connectivity index (χ1n) is 6.26. The summed E-state index contributed by atoms with van der Waals surface area (Å²) in [5.41, 5.74) is 0. The molecule has 1 atom stereocenters. The van der Waals surface area contributed by atoms with Crippen molar-refractivity contribution in [2.75, 3.05) is 20.3 Å². The number of ether oxygens (including phenoxy) is 1. The minimum absolute atomic E-state index is 0.171. The fourth-order valence-corrected chi connectivity index (χ4v) is 2.35. The molecule has 1 aliphatic rings. The highest BCUT2D eigenvalue weighted by molar-refractivity contribution is 5.86. The number of methoxy groups -OCH3 is 1. The molecule has 0 saturated carbocycles. The van der Waals surface area contributed by atoms with Crippen molar-refractivity contribution in [3.8, 4) is 0 Å². The molecule has 0 aliphatic carbocycles. The van der Waals surface area contributed by atoms with Gasteiger partial charge in [-0.2, -0.15) is 0 Å². The molecule has 5 heteroatoms. The zero-order chi connectivity index (χ0) is 13.0. The molecule has 0 amide bonds.